The molecule has 2 N–H and O–H groups in total. The summed E-state index contributed by atoms with van der Waals surface area (Å²) in [7, 11) is -4.32. The van der Waals surface area contributed by atoms with Crippen molar-refractivity contribution in [3.8, 4) is 0 Å². The molecule has 0 aliphatic carbocycles. The van der Waals surface area contributed by atoms with Gasteiger partial charge in [0.2, 0.25) is 0 Å². The van der Waals surface area contributed by atoms with Crippen LogP contribution in [0, 0.1) is 21.7 Å². The molecule has 1 fully saturated rings. The van der Waals surface area contributed by atoms with Gasteiger partial charge >= 0.3 is 0 Å². The average molecular weight is 996 g/mol. The summed E-state index contributed by atoms with van der Waals surface area (Å²) in [6, 6.07) is 0. The van der Waals surface area contributed by atoms with Gasteiger partial charge in [-0.2, -0.15) is 0 Å². The van der Waals surface area contributed by atoms with E-state index in [9.17, 15) is 12.6 Å². The molecule has 1 aliphatic heterocycles. The Bertz CT molecular complexity index is 1470. The maximum atomic E-state index is 13.8. The number of ether oxygens (including phenoxy) is 5. The lowest BCUT2D eigenvalue weighted by Crippen LogP contribution is -2.65. The Morgan fingerprint density at radius 2 is 1.25 bits per heavy atom. The van der Waals surface area contributed by atoms with Crippen LogP contribution < -0.4 is 10.6 Å². The van der Waals surface area contributed by atoms with Crippen LogP contribution in [0.25, 0.3) is 0 Å². The molecule has 1 saturated heterocycles. The van der Waals surface area contributed by atoms with Crippen LogP contribution in [0.15, 0.2) is 0 Å². The standard InChI is InChI=1S/C53H110N4O8S2/c1-46(2,3)23-19-32-61-36-29-55-53(18)27-25-50(12,13)45-65-38-37-62-33-20-28-54-52(16,17)56(48(7,8)9)30-40-66(58)39-21-34-64-44-49(10,11)24-26-51(14,15)57(53)31-42-67(59,60)41-22-35-63-43-47(4,5)6/h54-55H,19-45H2,1-18H3/t53-,66?/m1/s1. The normalized spacial score (nSPS) is 25.3. The fraction of sp³-hybridized carbons (Fsp3) is 1.00. The molecule has 67 heavy (non-hydrogen) atoms. The molecular formula is C53H110N4O8S2. The summed E-state index contributed by atoms with van der Waals surface area (Å²) < 4.78 is 71.6. The van der Waals surface area contributed by atoms with Gasteiger partial charge in [-0.25, -0.2) is 8.42 Å². The molecule has 0 spiro atoms. The number of nitrogens with one attached hydrogen (secondary N) is 2. The third-order valence-electron chi connectivity index (χ3n) is 13.0. The van der Waals surface area contributed by atoms with E-state index in [2.05, 4.69) is 145 Å². The van der Waals surface area contributed by atoms with Gasteiger partial charge in [-0.1, -0.05) is 69.2 Å². The van der Waals surface area contributed by atoms with Gasteiger partial charge in [-0.05, 0) is 141 Å². The van der Waals surface area contributed by atoms with Crippen LogP contribution in [0.4, 0.5) is 0 Å². The number of rotatable bonds is 15. The highest BCUT2D eigenvalue weighted by molar-refractivity contribution is 7.91. The lowest BCUT2D eigenvalue weighted by molar-refractivity contribution is -0.0447. The second kappa shape index (κ2) is 29.4. The van der Waals surface area contributed by atoms with Crippen molar-refractivity contribution in [1.29, 1.82) is 0 Å². The molecule has 0 aromatic carbocycles. The molecular weight excluding hydrogens is 885 g/mol. The topological polar surface area (TPSA) is 128 Å². The van der Waals surface area contributed by atoms with Crippen LogP contribution in [-0.4, -0.2) is 160 Å². The highest BCUT2D eigenvalue weighted by Gasteiger charge is 2.42. The molecule has 0 amide bonds. The maximum absolute atomic E-state index is 13.8. The second-order valence-corrected chi connectivity index (χ2v) is 30.0. The highest BCUT2D eigenvalue weighted by Crippen LogP contribution is 2.37. The Morgan fingerprint density at radius 1 is 0.672 bits per heavy atom. The summed E-state index contributed by atoms with van der Waals surface area (Å²) in [5, 5.41) is 7.68. The minimum atomic E-state index is -3.36. The number of nitrogens with zero attached hydrogens (tertiary/aromatic N) is 2. The Labute approximate surface area is 417 Å². The molecule has 1 unspecified atom stereocenters. The predicted molar refractivity (Wildman–Crippen MR) is 284 cm³/mol. The van der Waals surface area contributed by atoms with Gasteiger partial charge in [0.25, 0.3) is 0 Å². The van der Waals surface area contributed by atoms with Crippen molar-refractivity contribution in [2.24, 2.45) is 21.7 Å². The van der Waals surface area contributed by atoms with Crippen molar-refractivity contribution in [2.45, 2.75) is 205 Å². The minimum absolute atomic E-state index is 0.0344. The molecule has 0 aromatic heterocycles. The van der Waals surface area contributed by atoms with Gasteiger partial charge in [0, 0.05) is 79.4 Å². The average Bonchev–Trinajstić information content (AvgIpc) is 3.16. The molecule has 402 valence electrons. The number of sulfone groups is 1. The van der Waals surface area contributed by atoms with Crippen LogP contribution in [0.2, 0.25) is 0 Å². The lowest BCUT2D eigenvalue weighted by atomic mass is 9.80. The Hall–Kier alpha value is -0.260. The SMILES string of the molecule is CC(C)(C)CCCOCCN[C@@]1(C)CCC(C)(C)COCCOCCCNC(C)(C)N(C(C)(C)C)CCS(=O)CCCOCC(C)(C)CCC(C)(C)N1CCS(=O)(=O)CCCOCC(C)(C)C. The Kier molecular flexibility index (Phi) is 28.5. The van der Waals surface area contributed by atoms with E-state index in [-0.39, 0.29) is 49.9 Å². The zero-order valence-corrected chi connectivity index (χ0v) is 48.7. The maximum Gasteiger partial charge on any atom is 0.151 e. The molecule has 0 bridgehead atoms. The summed E-state index contributed by atoms with van der Waals surface area (Å²) >= 11 is 0. The Balaban J connectivity index is 3.41. The fourth-order valence-electron chi connectivity index (χ4n) is 8.98. The van der Waals surface area contributed by atoms with Crippen molar-refractivity contribution in [3.63, 3.8) is 0 Å². The van der Waals surface area contributed by atoms with Gasteiger partial charge in [0.1, 0.15) is 0 Å². The third kappa shape index (κ3) is 30.4. The van der Waals surface area contributed by atoms with Crippen molar-refractivity contribution in [2.75, 3.05) is 115 Å². The molecule has 0 saturated carbocycles. The smallest absolute Gasteiger partial charge is 0.151 e. The molecule has 14 heteroatoms. The van der Waals surface area contributed by atoms with Crippen molar-refractivity contribution < 1.29 is 36.3 Å². The predicted octanol–water partition coefficient (Wildman–Crippen LogP) is 9.71. The van der Waals surface area contributed by atoms with Gasteiger partial charge < -0.3 is 23.7 Å². The van der Waals surface area contributed by atoms with Crippen molar-refractivity contribution in [1.82, 2.24) is 20.4 Å². The van der Waals surface area contributed by atoms with Gasteiger partial charge in [0.15, 0.2) is 9.84 Å². The van der Waals surface area contributed by atoms with Crippen LogP contribution >= 0.6 is 0 Å². The van der Waals surface area contributed by atoms with Gasteiger partial charge in [-0.3, -0.25) is 24.6 Å². The van der Waals surface area contributed by atoms with E-state index in [1.54, 1.807) is 0 Å². The van der Waals surface area contributed by atoms with E-state index >= 15 is 0 Å². The van der Waals surface area contributed by atoms with E-state index in [0.717, 1.165) is 71.1 Å². The molecule has 0 radical (unpaired) electrons. The monoisotopic (exact) mass is 995 g/mol. The van der Waals surface area contributed by atoms with Crippen LogP contribution in [0.1, 0.15) is 182 Å². The first-order valence-corrected chi connectivity index (χ1v) is 29.4. The zero-order valence-electron chi connectivity index (χ0n) is 47.1. The first-order valence-electron chi connectivity index (χ1n) is 26.1. The third-order valence-corrected chi connectivity index (χ3v) is 16.1. The Morgan fingerprint density at radius 3 is 1.87 bits per heavy atom. The number of hydrogen-bond acceptors (Lipinski definition) is 12. The molecule has 12 nitrogen and oxygen atoms in total. The fourth-order valence-corrected chi connectivity index (χ4v) is 11.2. The summed E-state index contributed by atoms with van der Waals surface area (Å²) in [5.74, 6) is 1.41. The molecule has 1 heterocycles. The summed E-state index contributed by atoms with van der Waals surface area (Å²) in [5.41, 5.74) is -1.24. The van der Waals surface area contributed by atoms with Crippen LogP contribution in [0.5, 0.6) is 0 Å². The largest absolute Gasteiger partial charge is 0.381 e. The number of hydrogen-bond donors (Lipinski definition) is 2. The first kappa shape index (κ1) is 64.8. The highest BCUT2D eigenvalue weighted by atomic mass is 32.2. The van der Waals surface area contributed by atoms with Gasteiger partial charge in [-0.15, -0.1) is 0 Å². The quantitative estimate of drug-likeness (QED) is 0.152. The molecule has 1 rings (SSSR count). The van der Waals surface area contributed by atoms with E-state index in [1.807, 2.05) is 0 Å². The van der Waals surface area contributed by atoms with E-state index in [0.29, 0.717) is 90.5 Å². The van der Waals surface area contributed by atoms with E-state index < -0.39 is 26.3 Å². The summed E-state index contributed by atoms with van der Waals surface area (Å²) in [6.07, 6.45) is 7.63. The molecule has 0 aromatic rings. The van der Waals surface area contributed by atoms with Crippen LogP contribution in [0.3, 0.4) is 0 Å². The lowest BCUT2D eigenvalue weighted by Gasteiger charge is -2.52. The molecule has 1 aliphatic rings. The molecule has 2 atom stereocenters. The van der Waals surface area contributed by atoms with E-state index in [1.165, 1.54) is 0 Å². The van der Waals surface area contributed by atoms with Crippen molar-refractivity contribution in [3.05, 3.63) is 0 Å². The zero-order chi connectivity index (χ0) is 51.3. The second-order valence-electron chi connectivity index (χ2n) is 26.0. The first-order chi connectivity index (χ1) is 30.6. The summed E-state index contributed by atoms with van der Waals surface area (Å²) in [4.78, 5) is 4.88. The van der Waals surface area contributed by atoms with Gasteiger partial charge in [0.05, 0.1) is 62.5 Å². The minimum Gasteiger partial charge on any atom is -0.381 e. The van der Waals surface area contributed by atoms with E-state index in [4.69, 9.17) is 23.7 Å². The van der Waals surface area contributed by atoms with Crippen molar-refractivity contribution >= 4 is 20.6 Å². The van der Waals surface area contributed by atoms with Crippen LogP contribution in [-0.2, 0) is 44.3 Å². The summed E-state index contributed by atoms with van der Waals surface area (Å²) in [6.45, 7) is 48.5.